The lowest BCUT2D eigenvalue weighted by molar-refractivity contribution is -0.274. The lowest BCUT2D eigenvalue weighted by Crippen LogP contribution is -2.25. The lowest BCUT2D eigenvalue weighted by Gasteiger charge is -2.09. The van der Waals surface area contributed by atoms with Crippen LogP contribution >= 0.6 is 0 Å². The number of nitrogens with zero attached hydrogens (tertiary/aromatic N) is 4. The highest BCUT2D eigenvalue weighted by Gasteiger charge is 2.31. The fourth-order valence-electron chi connectivity index (χ4n) is 2.45. The Morgan fingerprint density at radius 2 is 1.73 bits per heavy atom. The number of ether oxygens (including phenoxy) is 2. The molecule has 0 radical (unpaired) electrons. The Morgan fingerprint density at radius 3 is 2.33 bits per heavy atom. The molecule has 0 aliphatic heterocycles. The molecular weight excluding hydrogens is 407 g/mol. The van der Waals surface area contributed by atoms with E-state index in [9.17, 15) is 22.8 Å². The third-order valence-corrected chi connectivity index (χ3v) is 3.87. The third kappa shape index (κ3) is 5.23. The zero-order chi connectivity index (χ0) is 21.7. The van der Waals surface area contributed by atoms with Crippen molar-refractivity contribution in [2.45, 2.75) is 12.9 Å². The average molecular weight is 423 g/mol. The molecule has 0 saturated carbocycles. The Kier molecular flexibility index (Phi) is 6.16. The van der Waals surface area contributed by atoms with Gasteiger partial charge in [-0.3, -0.25) is 4.79 Å². The number of halogens is 3. The molecule has 3 aromatic rings. The van der Waals surface area contributed by atoms with Gasteiger partial charge >= 0.3 is 12.1 Å². The van der Waals surface area contributed by atoms with Crippen LogP contribution < -0.4 is 15.7 Å². The molecule has 1 N–H and O–H groups in total. The van der Waals surface area contributed by atoms with Gasteiger partial charge < -0.3 is 14.8 Å². The maximum Gasteiger partial charge on any atom is 0.573 e. The Balaban J connectivity index is 1.66. The van der Waals surface area contributed by atoms with Crippen molar-refractivity contribution < 1.29 is 27.4 Å². The SMILES string of the molecule is COCCn1nnn(-c2ccc(NC(=O)c3ccc(OC(F)(F)F)cc3)cc2)c1=O. The second-order valence-corrected chi connectivity index (χ2v) is 5.96. The van der Waals surface area contributed by atoms with Crippen LogP contribution in [0.4, 0.5) is 18.9 Å². The molecule has 1 amide bonds. The van der Waals surface area contributed by atoms with Gasteiger partial charge in [0.15, 0.2) is 0 Å². The van der Waals surface area contributed by atoms with Gasteiger partial charge in [0.05, 0.1) is 18.8 Å². The van der Waals surface area contributed by atoms with Crippen LogP contribution in [-0.4, -0.2) is 45.8 Å². The first kappa shape index (κ1) is 21.0. The van der Waals surface area contributed by atoms with Crippen molar-refractivity contribution >= 4 is 11.6 Å². The van der Waals surface area contributed by atoms with Crippen LogP contribution in [0.3, 0.4) is 0 Å². The molecular formula is C18H16F3N5O4. The van der Waals surface area contributed by atoms with Gasteiger partial charge in [-0.15, -0.1) is 13.2 Å². The highest BCUT2D eigenvalue weighted by atomic mass is 19.4. The minimum Gasteiger partial charge on any atom is -0.406 e. The van der Waals surface area contributed by atoms with Crippen molar-refractivity contribution in [3.05, 3.63) is 64.6 Å². The Bertz CT molecular complexity index is 1060. The maximum absolute atomic E-state index is 12.3. The van der Waals surface area contributed by atoms with Crippen LogP contribution in [0, 0.1) is 0 Å². The first-order chi connectivity index (χ1) is 14.3. The highest BCUT2D eigenvalue weighted by Crippen LogP contribution is 2.23. The molecule has 0 atom stereocenters. The van der Waals surface area contributed by atoms with E-state index in [2.05, 4.69) is 20.5 Å². The van der Waals surface area contributed by atoms with E-state index in [1.165, 1.54) is 19.2 Å². The molecule has 0 fully saturated rings. The van der Waals surface area contributed by atoms with Crippen molar-refractivity contribution in [2.75, 3.05) is 19.0 Å². The fraction of sp³-hybridized carbons (Fsp3) is 0.222. The van der Waals surface area contributed by atoms with E-state index in [-0.39, 0.29) is 12.1 Å². The summed E-state index contributed by atoms with van der Waals surface area (Å²) in [7, 11) is 1.51. The molecule has 0 aliphatic rings. The minimum absolute atomic E-state index is 0.144. The first-order valence-corrected chi connectivity index (χ1v) is 8.56. The van der Waals surface area contributed by atoms with Gasteiger partial charge in [-0.25, -0.2) is 4.79 Å². The predicted octanol–water partition coefficient (Wildman–Crippen LogP) is 2.23. The molecule has 0 aliphatic carbocycles. The molecule has 0 spiro atoms. The average Bonchev–Trinajstić information content (AvgIpc) is 3.06. The van der Waals surface area contributed by atoms with E-state index in [1.54, 1.807) is 24.3 Å². The molecule has 158 valence electrons. The topological polar surface area (TPSA) is 100 Å². The van der Waals surface area contributed by atoms with Gasteiger partial charge in [-0.05, 0) is 59.0 Å². The van der Waals surface area contributed by atoms with E-state index in [1.807, 2.05) is 0 Å². The first-order valence-electron chi connectivity index (χ1n) is 8.56. The number of rotatable bonds is 7. The molecule has 0 saturated heterocycles. The van der Waals surface area contributed by atoms with Gasteiger partial charge in [0, 0.05) is 18.4 Å². The second-order valence-electron chi connectivity index (χ2n) is 5.96. The van der Waals surface area contributed by atoms with Crippen LogP contribution in [0.25, 0.3) is 5.69 Å². The largest absolute Gasteiger partial charge is 0.573 e. The summed E-state index contributed by atoms with van der Waals surface area (Å²) in [6.07, 6.45) is -4.80. The molecule has 3 rings (SSSR count). The summed E-state index contributed by atoms with van der Waals surface area (Å²) in [6.45, 7) is 0.573. The monoisotopic (exact) mass is 423 g/mol. The molecule has 0 unspecified atom stereocenters. The predicted molar refractivity (Wildman–Crippen MR) is 98.6 cm³/mol. The lowest BCUT2D eigenvalue weighted by atomic mass is 10.2. The zero-order valence-electron chi connectivity index (χ0n) is 15.6. The Morgan fingerprint density at radius 1 is 1.07 bits per heavy atom. The number of anilines is 1. The van der Waals surface area contributed by atoms with E-state index >= 15 is 0 Å². The number of hydrogen-bond donors (Lipinski definition) is 1. The van der Waals surface area contributed by atoms with Gasteiger partial charge in [-0.1, -0.05) is 0 Å². The fourth-order valence-corrected chi connectivity index (χ4v) is 2.45. The molecule has 30 heavy (non-hydrogen) atoms. The van der Waals surface area contributed by atoms with Gasteiger partial charge in [0.2, 0.25) is 0 Å². The molecule has 0 bridgehead atoms. The van der Waals surface area contributed by atoms with Gasteiger partial charge in [0.25, 0.3) is 5.91 Å². The number of methoxy groups -OCH3 is 1. The number of benzene rings is 2. The van der Waals surface area contributed by atoms with Gasteiger partial charge in [0.1, 0.15) is 5.75 Å². The Labute approximate surface area is 167 Å². The number of carbonyl (C=O) groups excluding carboxylic acids is 1. The van der Waals surface area contributed by atoms with Crippen LogP contribution in [0.1, 0.15) is 10.4 Å². The molecule has 1 heterocycles. The summed E-state index contributed by atoms with van der Waals surface area (Å²) >= 11 is 0. The van der Waals surface area contributed by atoms with Gasteiger partial charge in [-0.2, -0.15) is 9.36 Å². The van der Waals surface area contributed by atoms with Crippen molar-refractivity contribution in [2.24, 2.45) is 0 Å². The second kappa shape index (κ2) is 8.78. The van der Waals surface area contributed by atoms with Crippen molar-refractivity contribution in [3.63, 3.8) is 0 Å². The summed E-state index contributed by atoms with van der Waals surface area (Å²) in [6, 6.07) is 10.7. The summed E-state index contributed by atoms with van der Waals surface area (Å²) in [5.74, 6) is -0.948. The standard InChI is InChI=1S/C18H16F3N5O4/c1-29-11-10-25-17(28)26(24-23-25)14-6-4-13(5-7-14)22-16(27)12-2-8-15(9-3-12)30-18(19,20)21/h2-9H,10-11H2,1H3,(H,22,27). The minimum atomic E-state index is -4.80. The summed E-state index contributed by atoms with van der Waals surface area (Å²) < 4.78 is 47.5. The van der Waals surface area contributed by atoms with E-state index < -0.39 is 23.7 Å². The summed E-state index contributed by atoms with van der Waals surface area (Å²) in [5, 5.41) is 10.2. The van der Waals surface area contributed by atoms with Crippen LogP contribution in [0.5, 0.6) is 5.75 Å². The Hall–Kier alpha value is -3.67. The molecule has 2 aromatic carbocycles. The number of nitrogens with one attached hydrogen (secondary N) is 1. The number of tetrazole rings is 1. The van der Waals surface area contributed by atoms with E-state index in [0.717, 1.165) is 21.5 Å². The smallest absolute Gasteiger partial charge is 0.406 e. The van der Waals surface area contributed by atoms with Crippen LogP contribution in [0.15, 0.2) is 53.3 Å². The summed E-state index contributed by atoms with van der Waals surface area (Å²) in [5.41, 5.74) is 0.561. The van der Waals surface area contributed by atoms with E-state index in [0.29, 0.717) is 18.0 Å². The normalized spacial score (nSPS) is 11.3. The molecule has 12 heteroatoms. The maximum atomic E-state index is 12.3. The number of hydrogen-bond acceptors (Lipinski definition) is 6. The number of aromatic nitrogens is 4. The van der Waals surface area contributed by atoms with Crippen molar-refractivity contribution in [3.8, 4) is 11.4 Å². The number of carbonyl (C=O) groups is 1. The van der Waals surface area contributed by atoms with Crippen LogP contribution in [0.2, 0.25) is 0 Å². The molecule has 1 aromatic heterocycles. The number of amides is 1. The van der Waals surface area contributed by atoms with Crippen molar-refractivity contribution in [1.29, 1.82) is 0 Å². The summed E-state index contributed by atoms with van der Waals surface area (Å²) in [4.78, 5) is 24.5. The zero-order valence-corrected chi connectivity index (χ0v) is 15.6. The third-order valence-electron chi connectivity index (χ3n) is 3.87. The molecule has 9 nitrogen and oxygen atoms in total. The van der Waals surface area contributed by atoms with Crippen LogP contribution in [-0.2, 0) is 11.3 Å². The number of alkyl halides is 3. The highest BCUT2D eigenvalue weighted by molar-refractivity contribution is 6.04. The van der Waals surface area contributed by atoms with Crippen molar-refractivity contribution in [1.82, 2.24) is 19.8 Å². The quantitative estimate of drug-likeness (QED) is 0.626. The van der Waals surface area contributed by atoms with E-state index in [4.69, 9.17) is 4.74 Å².